The van der Waals surface area contributed by atoms with Crippen LogP contribution in [0.5, 0.6) is 0 Å². The molecule has 2 unspecified atom stereocenters. The molecule has 1 aromatic rings. The molecule has 1 aliphatic heterocycles. The van der Waals surface area contributed by atoms with Crippen LogP contribution in [0.1, 0.15) is 30.7 Å². The summed E-state index contributed by atoms with van der Waals surface area (Å²) in [7, 11) is 0. The fourth-order valence-corrected chi connectivity index (χ4v) is 2.62. The van der Waals surface area contributed by atoms with Crippen molar-refractivity contribution in [1.82, 2.24) is 4.90 Å². The van der Waals surface area contributed by atoms with Crippen molar-refractivity contribution in [2.75, 3.05) is 19.7 Å². The molecule has 0 radical (unpaired) electrons. The Morgan fingerprint density at radius 2 is 2.21 bits per heavy atom. The lowest BCUT2D eigenvalue weighted by Crippen LogP contribution is -2.39. The van der Waals surface area contributed by atoms with Gasteiger partial charge in [0.15, 0.2) is 0 Å². The molecule has 104 valence electrons. The van der Waals surface area contributed by atoms with Crippen LogP contribution in [0.4, 0.5) is 0 Å². The summed E-state index contributed by atoms with van der Waals surface area (Å²) >= 11 is 6.28. The molecule has 2 atom stereocenters. The number of halogens is 1. The van der Waals surface area contributed by atoms with Gasteiger partial charge in [0.1, 0.15) is 5.38 Å². The first-order valence-corrected chi connectivity index (χ1v) is 7.25. The number of likely N-dealkylation sites (N-methyl/N-ethyl adjacent to an activating group) is 1. The normalized spacial score (nSPS) is 20.2. The number of carbonyl (C=O) groups is 1. The molecule has 1 aromatic carbocycles. The molecule has 0 bridgehead atoms. The molecule has 0 N–H and O–H groups in total. The lowest BCUT2D eigenvalue weighted by atomic mass is 10.1. The molecular weight excluding hydrogens is 262 g/mol. The number of carbonyl (C=O) groups excluding carboxylic acids is 1. The third-order valence-corrected chi connectivity index (χ3v) is 3.89. The fraction of sp³-hybridized carbons (Fsp3) is 0.533. The zero-order chi connectivity index (χ0) is 13.7. The average Bonchev–Trinajstić information content (AvgIpc) is 2.97. The van der Waals surface area contributed by atoms with E-state index >= 15 is 0 Å². The maximum atomic E-state index is 12.4. The Hall–Kier alpha value is -1.06. The Morgan fingerprint density at radius 1 is 1.47 bits per heavy atom. The summed E-state index contributed by atoms with van der Waals surface area (Å²) in [5.74, 6) is -0.0362. The Balaban J connectivity index is 1.99. The van der Waals surface area contributed by atoms with Gasteiger partial charge in [0.25, 0.3) is 0 Å². The van der Waals surface area contributed by atoms with Crippen LogP contribution in [0.3, 0.4) is 0 Å². The van der Waals surface area contributed by atoms with Crippen LogP contribution < -0.4 is 0 Å². The SMILES string of the molecule is CCN(CC1CCCO1)C(=O)C(Cl)c1ccccc1. The summed E-state index contributed by atoms with van der Waals surface area (Å²) in [5.41, 5.74) is 0.847. The number of benzene rings is 1. The van der Waals surface area contributed by atoms with E-state index < -0.39 is 5.38 Å². The lowest BCUT2D eigenvalue weighted by molar-refractivity contribution is -0.132. The highest BCUT2D eigenvalue weighted by Gasteiger charge is 2.26. The summed E-state index contributed by atoms with van der Waals surface area (Å²) < 4.78 is 5.58. The van der Waals surface area contributed by atoms with Gasteiger partial charge in [0.2, 0.25) is 5.91 Å². The number of hydrogen-bond acceptors (Lipinski definition) is 2. The van der Waals surface area contributed by atoms with Crippen LogP contribution in [0.25, 0.3) is 0 Å². The molecular formula is C15H20ClNO2. The molecule has 1 aliphatic rings. The summed E-state index contributed by atoms with van der Waals surface area (Å²) in [5, 5.41) is -0.609. The van der Waals surface area contributed by atoms with E-state index in [1.165, 1.54) is 0 Å². The second kappa shape index (κ2) is 6.92. The van der Waals surface area contributed by atoms with Crippen LogP contribution in [-0.4, -0.2) is 36.6 Å². The summed E-state index contributed by atoms with van der Waals surface area (Å²) in [6, 6.07) is 9.48. The molecule has 4 heteroatoms. The molecule has 1 fully saturated rings. The van der Waals surface area contributed by atoms with Crippen molar-refractivity contribution < 1.29 is 9.53 Å². The minimum atomic E-state index is -0.609. The quantitative estimate of drug-likeness (QED) is 0.777. The van der Waals surface area contributed by atoms with E-state index in [9.17, 15) is 4.79 Å². The zero-order valence-corrected chi connectivity index (χ0v) is 12.0. The van der Waals surface area contributed by atoms with E-state index in [1.54, 1.807) is 4.90 Å². The van der Waals surface area contributed by atoms with Gasteiger partial charge in [-0.2, -0.15) is 0 Å². The van der Waals surface area contributed by atoms with Gasteiger partial charge in [-0.3, -0.25) is 4.79 Å². The largest absolute Gasteiger partial charge is 0.376 e. The van der Waals surface area contributed by atoms with Crippen molar-refractivity contribution in [1.29, 1.82) is 0 Å². The van der Waals surface area contributed by atoms with Crippen LogP contribution in [0.15, 0.2) is 30.3 Å². The first kappa shape index (κ1) is 14.4. The number of hydrogen-bond donors (Lipinski definition) is 0. The Kier molecular flexibility index (Phi) is 5.23. The van der Waals surface area contributed by atoms with Crippen molar-refractivity contribution in [3.63, 3.8) is 0 Å². The molecule has 0 spiro atoms. The van der Waals surface area contributed by atoms with Gasteiger partial charge in [-0.05, 0) is 25.3 Å². The van der Waals surface area contributed by atoms with Gasteiger partial charge in [-0.25, -0.2) is 0 Å². The van der Waals surface area contributed by atoms with Gasteiger partial charge in [0.05, 0.1) is 6.10 Å². The van der Waals surface area contributed by atoms with Gasteiger partial charge in [0, 0.05) is 19.7 Å². The minimum absolute atomic E-state index is 0.0362. The van der Waals surface area contributed by atoms with Gasteiger partial charge in [-0.15, -0.1) is 11.6 Å². The molecule has 0 saturated carbocycles. The van der Waals surface area contributed by atoms with E-state index in [0.29, 0.717) is 13.1 Å². The Morgan fingerprint density at radius 3 is 2.79 bits per heavy atom. The van der Waals surface area contributed by atoms with Crippen molar-refractivity contribution in [2.24, 2.45) is 0 Å². The number of nitrogens with zero attached hydrogens (tertiary/aromatic N) is 1. The maximum absolute atomic E-state index is 12.4. The van der Waals surface area contributed by atoms with E-state index in [2.05, 4.69) is 0 Å². The molecule has 0 aliphatic carbocycles. The zero-order valence-electron chi connectivity index (χ0n) is 11.2. The van der Waals surface area contributed by atoms with Gasteiger partial charge < -0.3 is 9.64 Å². The van der Waals surface area contributed by atoms with Crippen molar-refractivity contribution in [3.8, 4) is 0 Å². The number of rotatable bonds is 5. The van der Waals surface area contributed by atoms with Crippen LogP contribution >= 0.6 is 11.6 Å². The highest BCUT2D eigenvalue weighted by Crippen LogP contribution is 2.23. The van der Waals surface area contributed by atoms with E-state index in [-0.39, 0.29) is 12.0 Å². The maximum Gasteiger partial charge on any atom is 0.245 e. The highest BCUT2D eigenvalue weighted by molar-refractivity contribution is 6.30. The first-order valence-electron chi connectivity index (χ1n) is 6.81. The molecule has 1 saturated heterocycles. The molecule has 0 aromatic heterocycles. The Labute approximate surface area is 119 Å². The second-order valence-electron chi connectivity index (χ2n) is 4.79. The fourth-order valence-electron chi connectivity index (χ4n) is 2.33. The van der Waals surface area contributed by atoms with Crippen molar-refractivity contribution in [2.45, 2.75) is 31.2 Å². The molecule has 1 heterocycles. The van der Waals surface area contributed by atoms with Crippen LogP contribution in [0, 0.1) is 0 Å². The smallest absolute Gasteiger partial charge is 0.245 e. The molecule has 1 amide bonds. The lowest BCUT2D eigenvalue weighted by Gasteiger charge is -2.26. The van der Waals surface area contributed by atoms with E-state index in [4.69, 9.17) is 16.3 Å². The van der Waals surface area contributed by atoms with Gasteiger partial charge >= 0.3 is 0 Å². The molecule has 19 heavy (non-hydrogen) atoms. The summed E-state index contributed by atoms with van der Waals surface area (Å²) in [6.45, 7) is 4.08. The average molecular weight is 282 g/mol. The number of alkyl halides is 1. The predicted molar refractivity (Wildman–Crippen MR) is 76.3 cm³/mol. The second-order valence-corrected chi connectivity index (χ2v) is 5.22. The van der Waals surface area contributed by atoms with Crippen molar-refractivity contribution >= 4 is 17.5 Å². The Bertz CT molecular complexity index is 404. The standard InChI is InChI=1S/C15H20ClNO2/c1-2-17(11-13-9-6-10-19-13)15(18)14(16)12-7-4-3-5-8-12/h3-5,7-8,13-14H,2,6,9-11H2,1H3. The molecule has 3 nitrogen and oxygen atoms in total. The van der Waals surface area contributed by atoms with E-state index in [0.717, 1.165) is 25.0 Å². The van der Waals surface area contributed by atoms with Crippen LogP contribution in [-0.2, 0) is 9.53 Å². The third-order valence-electron chi connectivity index (χ3n) is 3.45. The van der Waals surface area contributed by atoms with Crippen LogP contribution in [0.2, 0.25) is 0 Å². The van der Waals surface area contributed by atoms with Gasteiger partial charge in [-0.1, -0.05) is 30.3 Å². The minimum Gasteiger partial charge on any atom is -0.376 e. The summed E-state index contributed by atoms with van der Waals surface area (Å²) in [4.78, 5) is 14.2. The number of ether oxygens (including phenoxy) is 1. The summed E-state index contributed by atoms with van der Waals surface area (Å²) in [6.07, 6.45) is 2.28. The third kappa shape index (κ3) is 3.71. The first-order chi connectivity index (χ1) is 9.22. The molecule has 2 rings (SSSR count). The topological polar surface area (TPSA) is 29.5 Å². The highest BCUT2D eigenvalue weighted by atomic mass is 35.5. The van der Waals surface area contributed by atoms with Crippen molar-refractivity contribution in [3.05, 3.63) is 35.9 Å². The predicted octanol–water partition coefficient (Wildman–Crippen LogP) is 2.99. The van der Waals surface area contributed by atoms with E-state index in [1.807, 2.05) is 37.3 Å². The number of amides is 1. The monoisotopic (exact) mass is 281 g/mol.